The van der Waals surface area contributed by atoms with Crippen molar-refractivity contribution in [2.24, 2.45) is 0 Å². The predicted molar refractivity (Wildman–Crippen MR) is 105 cm³/mol. The standard InChI is InChI=1S/C20H17FN6O3/c1-4-27-10-23-16-13(8-24-26-18(16)27)11-5-6-14(21)12(7-11)17-19(29-2)25-15(9-22-17)20(28)30-3/h5-10H,4H2,1-3H3. The zero-order valence-corrected chi connectivity index (χ0v) is 16.5. The summed E-state index contributed by atoms with van der Waals surface area (Å²) in [6.07, 6.45) is 4.48. The smallest absolute Gasteiger partial charge is 0.358 e. The molecular weight excluding hydrogens is 391 g/mol. The number of carbonyl (C=O) groups is 1. The second kappa shape index (κ2) is 7.82. The summed E-state index contributed by atoms with van der Waals surface area (Å²) in [5.41, 5.74) is 2.94. The van der Waals surface area contributed by atoms with Gasteiger partial charge in [0, 0.05) is 17.7 Å². The summed E-state index contributed by atoms with van der Waals surface area (Å²) in [6, 6.07) is 4.56. The number of imidazole rings is 1. The third kappa shape index (κ3) is 3.21. The van der Waals surface area contributed by atoms with Crippen molar-refractivity contribution in [2.75, 3.05) is 14.2 Å². The lowest BCUT2D eigenvalue weighted by atomic mass is 10.0. The highest BCUT2D eigenvalue weighted by atomic mass is 19.1. The highest BCUT2D eigenvalue weighted by Crippen LogP contribution is 2.33. The highest BCUT2D eigenvalue weighted by molar-refractivity contribution is 5.90. The molecule has 152 valence electrons. The van der Waals surface area contributed by atoms with Gasteiger partial charge in [-0.1, -0.05) is 6.07 Å². The molecule has 3 heterocycles. The van der Waals surface area contributed by atoms with Crippen LogP contribution in [0.3, 0.4) is 0 Å². The van der Waals surface area contributed by atoms with Crippen molar-refractivity contribution in [3.8, 4) is 28.3 Å². The number of benzene rings is 1. The van der Waals surface area contributed by atoms with Crippen molar-refractivity contribution in [1.82, 2.24) is 29.7 Å². The first-order valence-electron chi connectivity index (χ1n) is 9.03. The van der Waals surface area contributed by atoms with Crippen molar-refractivity contribution < 1.29 is 18.7 Å². The Morgan fingerprint density at radius 1 is 1.17 bits per heavy atom. The molecule has 0 bridgehead atoms. The van der Waals surface area contributed by atoms with Gasteiger partial charge in [0.25, 0.3) is 0 Å². The van der Waals surface area contributed by atoms with Crippen LogP contribution in [0.5, 0.6) is 5.88 Å². The minimum atomic E-state index is -0.668. The Morgan fingerprint density at radius 3 is 2.73 bits per heavy atom. The molecule has 10 heteroatoms. The minimum absolute atomic E-state index is 0.00205. The number of halogens is 1. The van der Waals surface area contributed by atoms with Crippen molar-refractivity contribution in [1.29, 1.82) is 0 Å². The van der Waals surface area contributed by atoms with E-state index in [1.807, 2.05) is 11.5 Å². The van der Waals surface area contributed by atoms with Crippen LogP contribution in [0, 0.1) is 5.82 Å². The number of carbonyl (C=O) groups excluding carboxylic acids is 1. The van der Waals surface area contributed by atoms with E-state index in [1.54, 1.807) is 24.7 Å². The normalized spacial score (nSPS) is 10.9. The molecule has 0 aliphatic rings. The molecule has 4 aromatic rings. The van der Waals surface area contributed by atoms with Crippen LogP contribution < -0.4 is 4.74 Å². The third-order valence-electron chi connectivity index (χ3n) is 4.61. The largest absolute Gasteiger partial charge is 0.479 e. The van der Waals surface area contributed by atoms with Gasteiger partial charge >= 0.3 is 5.97 Å². The SMILES string of the molecule is CCn1cnc2c(-c3ccc(F)c(-c4ncc(C(=O)OC)nc4OC)c3)cnnc21. The number of ether oxygens (including phenoxy) is 2. The van der Waals surface area contributed by atoms with Crippen LogP contribution in [-0.2, 0) is 11.3 Å². The Balaban J connectivity index is 1.86. The van der Waals surface area contributed by atoms with Gasteiger partial charge in [-0.25, -0.2) is 24.1 Å². The summed E-state index contributed by atoms with van der Waals surface area (Å²) in [7, 11) is 2.60. The van der Waals surface area contributed by atoms with E-state index in [9.17, 15) is 9.18 Å². The molecule has 30 heavy (non-hydrogen) atoms. The maximum atomic E-state index is 14.7. The Bertz CT molecular complexity index is 1260. The second-order valence-electron chi connectivity index (χ2n) is 6.26. The average molecular weight is 408 g/mol. The summed E-state index contributed by atoms with van der Waals surface area (Å²) in [5, 5.41) is 8.21. The lowest BCUT2D eigenvalue weighted by molar-refractivity contribution is 0.0592. The lowest BCUT2D eigenvalue weighted by Gasteiger charge is -2.11. The van der Waals surface area contributed by atoms with E-state index in [0.717, 1.165) is 0 Å². The molecule has 0 aliphatic carbocycles. The second-order valence-corrected chi connectivity index (χ2v) is 6.26. The number of rotatable bonds is 5. The molecule has 9 nitrogen and oxygen atoms in total. The number of hydrogen-bond acceptors (Lipinski definition) is 8. The van der Waals surface area contributed by atoms with Crippen molar-refractivity contribution >= 4 is 17.1 Å². The Morgan fingerprint density at radius 2 is 2.00 bits per heavy atom. The zero-order valence-electron chi connectivity index (χ0n) is 16.5. The number of hydrogen-bond donors (Lipinski definition) is 0. The van der Waals surface area contributed by atoms with Gasteiger partial charge in [-0.3, -0.25) is 0 Å². The highest BCUT2D eigenvalue weighted by Gasteiger charge is 2.19. The van der Waals surface area contributed by atoms with Gasteiger partial charge in [-0.05, 0) is 24.6 Å². The topological polar surface area (TPSA) is 105 Å². The number of aromatic nitrogens is 6. The first-order valence-corrected chi connectivity index (χ1v) is 9.03. The van der Waals surface area contributed by atoms with Crippen LogP contribution in [0.4, 0.5) is 4.39 Å². The van der Waals surface area contributed by atoms with Crippen molar-refractivity contribution in [3.63, 3.8) is 0 Å². The molecule has 3 aromatic heterocycles. The van der Waals surface area contributed by atoms with Crippen LogP contribution in [0.1, 0.15) is 17.4 Å². The van der Waals surface area contributed by atoms with Gasteiger partial charge < -0.3 is 14.0 Å². The van der Waals surface area contributed by atoms with Gasteiger partial charge in [-0.15, -0.1) is 5.10 Å². The van der Waals surface area contributed by atoms with Gasteiger partial charge in [0.2, 0.25) is 5.88 Å². The number of methoxy groups -OCH3 is 2. The number of fused-ring (bicyclic) bond motifs is 1. The molecule has 0 aliphatic heterocycles. The van der Waals surface area contributed by atoms with E-state index in [0.29, 0.717) is 28.8 Å². The van der Waals surface area contributed by atoms with Crippen LogP contribution in [0.2, 0.25) is 0 Å². The molecule has 0 radical (unpaired) electrons. The molecule has 0 saturated carbocycles. The molecule has 0 atom stereocenters. The summed E-state index contributed by atoms with van der Waals surface area (Å²) in [4.78, 5) is 24.4. The fraction of sp³-hybridized carbons (Fsp3) is 0.200. The van der Waals surface area contributed by atoms with Gasteiger partial charge in [0.05, 0.1) is 32.9 Å². The maximum absolute atomic E-state index is 14.7. The van der Waals surface area contributed by atoms with Gasteiger partial charge in [0.15, 0.2) is 11.3 Å². The van der Waals surface area contributed by atoms with Crippen LogP contribution in [0.15, 0.2) is 36.9 Å². The van der Waals surface area contributed by atoms with E-state index in [2.05, 4.69) is 29.9 Å². The number of aryl methyl sites for hydroxylation is 1. The quantitative estimate of drug-likeness (QED) is 0.464. The molecular formula is C20H17FN6O3. The monoisotopic (exact) mass is 408 g/mol. The van der Waals surface area contributed by atoms with Gasteiger partial charge in [0.1, 0.15) is 17.0 Å². The average Bonchev–Trinajstić information content (AvgIpc) is 3.22. The molecule has 0 unspecified atom stereocenters. The minimum Gasteiger partial charge on any atom is -0.479 e. The summed E-state index contributed by atoms with van der Waals surface area (Å²) >= 11 is 0. The fourth-order valence-corrected chi connectivity index (χ4v) is 3.09. The Kier molecular flexibility index (Phi) is 5.05. The first kappa shape index (κ1) is 19.4. The van der Waals surface area contributed by atoms with E-state index in [-0.39, 0.29) is 22.8 Å². The zero-order chi connectivity index (χ0) is 21.3. The van der Waals surface area contributed by atoms with Crippen LogP contribution in [-0.4, -0.2) is 49.9 Å². The van der Waals surface area contributed by atoms with Crippen LogP contribution >= 0.6 is 0 Å². The molecule has 0 saturated heterocycles. The van der Waals surface area contributed by atoms with E-state index >= 15 is 0 Å². The number of esters is 1. The molecule has 0 spiro atoms. The van der Waals surface area contributed by atoms with E-state index in [4.69, 9.17) is 4.74 Å². The summed E-state index contributed by atoms with van der Waals surface area (Å²) < 4.78 is 26.5. The third-order valence-corrected chi connectivity index (χ3v) is 4.61. The van der Waals surface area contributed by atoms with Crippen molar-refractivity contribution in [3.05, 3.63) is 48.4 Å². The van der Waals surface area contributed by atoms with Crippen molar-refractivity contribution in [2.45, 2.75) is 13.5 Å². The Hall–Kier alpha value is -3.95. The first-order chi connectivity index (χ1) is 14.6. The summed E-state index contributed by atoms with van der Waals surface area (Å²) in [6.45, 7) is 2.68. The number of nitrogens with zero attached hydrogens (tertiary/aromatic N) is 6. The molecule has 4 rings (SSSR count). The van der Waals surface area contributed by atoms with E-state index < -0.39 is 11.8 Å². The fourth-order valence-electron chi connectivity index (χ4n) is 3.09. The van der Waals surface area contributed by atoms with Crippen LogP contribution in [0.25, 0.3) is 33.5 Å². The lowest BCUT2D eigenvalue weighted by Crippen LogP contribution is -2.07. The predicted octanol–water partition coefficient (Wildman–Crippen LogP) is 2.90. The molecule has 0 fully saturated rings. The maximum Gasteiger partial charge on any atom is 0.358 e. The molecule has 1 aromatic carbocycles. The van der Waals surface area contributed by atoms with Gasteiger partial charge in [-0.2, -0.15) is 5.10 Å². The van der Waals surface area contributed by atoms with E-state index in [1.165, 1.54) is 26.5 Å². The molecule has 0 amide bonds. The summed E-state index contributed by atoms with van der Waals surface area (Å²) in [5.74, 6) is -1.19. The molecule has 0 N–H and O–H groups in total. The Labute approximate surface area is 170 Å².